The first-order chi connectivity index (χ1) is 6.81. The van der Waals surface area contributed by atoms with Crippen LogP contribution in [0.2, 0.25) is 0 Å². The SMILES string of the molecule is CCC(N)CCCCCCCC=CO. The molecule has 0 fully saturated rings. The Bertz CT molecular complexity index is 134. The molecule has 0 aliphatic heterocycles. The normalized spacial score (nSPS) is 13.6. The minimum Gasteiger partial charge on any atom is -0.516 e. The van der Waals surface area contributed by atoms with Crippen molar-refractivity contribution in [2.24, 2.45) is 5.73 Å². The van der Waals surface area contributed by atoms with Crippen LogP contribution in [0.1, 0.15) is 58.3 Å². The molecule has 0 amide bonds. The number of hydrogen-bond donors (Lipinski definition) is 2. The lowest BCUT2D eigenvalue weighted by Crippen LogP contribution is -2.17. The third-order valence-corrected chi connectivity index (χ3v) is 2.58. The number of allylic oxidation sites excluding steroid dienone is 1. The summed E-state index contributed by atoms with van der Waals surface area (Å²) in [5.74, 6) is 0. The number of hydrogen-bond acceptors (Lipinski definition) is 2. The second-order valence-electron chi connectivity index (χ2n) is 3.90. The maximum Gasteiger partial charge on any atom is 0.0751 e. The predicted octanol–water partition coefficient (Wildman–Crippen LogP) is 3.53. The number of nitrogens with two attached hydrogens (primary N) is 1. The first-order valence-corrected chi connectivity index (χ1v) is 5.86. The van der Waals surface area contributed by atoms with Crippen LogP contribution in [0.4, 0.5) is 0 Å². The molecular weight excluding hydrogens is 174 g/mol. The molecule has 0 aliphatic carbocycles. The van der Waals surface area contributed by atoms with Crippen LogP contribution in [0, 0.1) is 0 Å². The zero-order valence-electron chi connectivity index (χ0n) is 9.41. The molecule has 0 saturated heterocycles. The summed E-state index contributed by atoms with van der Waals surface area (Å²) in [7, 11) is 0. The van der Waals surface area contributed by atoms with Crippen LogP contribution in [-0.2, 0) is 0 Å². The van der Waals surface area contributed by atoms with Crippen LogP contribution in [0.25, 0.3) is 0 Å². The lowest BCUT2D eigenvalue weighted by Gasteiger charge is -2.07. The topological polar surface area (TPSA) is 46.2 Å². The molecule has 0 saturated carbocycles. The molecular formula is C12H25NO. The molecule has 3 N–H and O–H groups in total. The molecule has 0 radical (unpaired) electrons. The number of unbranched alkanes of at least 4 members (excludes halogenated alkanes) is 5. The highest BCUT2D eigenvalue weighted by molar-refractivity contribution is 4.70. The van der Waals surface area contributed by atoms with E-state index in [-0.39, 0.29) is 0 Å². The van der Waals surface area contributed by atoms with Crippen molar-refractivity contribution in [1.29, 1.82) is 0 Å². The molecule has 1 atom stereocenters. The van der Waals surface area contributed by atoms with Gasteiger partial charge < -0.3 is 10.8 Å². The molecule has 0 aromatic carbocycles. The van der Waals surface area contributed by atoms with Gasteiger partial charge in [0.1, 0.15) is 0 Å². The largest absolute Gasteiger partial charge is 0.516 e. The van der Waals surface area contributed by atoms with Crippen molar-refractivity contribution in [2.75, 3.05) is 0 Å². The monoisotopic (exact) mass is 199 g/mol. The Hall–Kier alpha value is -0.500. The molecule has 0 spiro atoms. The summed E-state index contributed by atoms with van der Waals surface area (Å²) >= 11 is 0. The molecule has 1 unspecified atom stereocenters. The van der Waals surface area contributed by atoms with Crippen molar-refractivity contribution in [1.82, 2.24) is 0 Å². The first kappa shape index (κ1) is 13.5. The van der Waals surface area contributed by atoms with Crippen molar-refractivity contribution < 1.29 is 5.11 Å². The minimum absolute atomic E-state index is 0.410. The summed E-state index contributed by atoms with van der Waals surface area (Å²) in [4.78, 5) is 0. The fraction of sp³-hybridized carbons (Fsp3) is 0.833. The predicted molar refractivity (Wildman–Crippen MR) is 62.4 cm³/mol. The van der Waals surface area contributed by atoms with Gasteiger partial charge in [-0.3, -0.25) is 0 Å². The Kier molecular flexibility index (Phi) is 10.2. The van der Waals surface area contributed by atoms with E-state index in [0.29, 0.717) is 6.04 Å². The molecule has 0 bridgehead atoms. The highest BCUT2D eigenvalue weighted by atomic mass is 16.2. The van der Waals surface area contributed by atoms with Crippen molar-refractivity contribution in [2.45, 2.75) is 64.3 Å². The summed E-state index contributed by atoms with van der Waals surface area (Å²) < 4.78 is 0. The molecule has 14 heavy (non-hydrogen) atoms. The van der Waals surface area contributed by atoms with E-state index in [2.05, 4.69) is 6.92 Å². The lowest BCUT2D eigenvalue weighted by molar-refractivity contribution is 0.469. The lowest BCUT2D eigenvalue weighted by atomic mass is 10.0. The van der Waals surface area contributed by atoms with Gasteiger partial charge in [0.15, 0.2) is 0 Å². The van der Waals surface area contributed by atoms with E-state index >= 15 is 0 Å². The van der Waals surface area contributed by atoms with E-state index in [1.165, 1.54) is 38.5 Å². The van der Waals surface area contributed by atoms with E-state index < -0.39 is 0 Å². The van der Waals surface area contributed by atoms with E-state index in [1.54, 1.807) is 0 Å². The van der Waals surface area contributed by atoms with Crippen LogP contribution in [0.15, 0.2) is 12.3 Å². The highest BCUT2D eigenvalue weighted by Gasteiger charge is 1.97. The average molecular weight is 199 g/mol. The Labute approximate surface area is 88.2 Å². The Morgan fingerprint density at radius 2 is 1.79 bits per heavy atom. The van der Waals surface area contributed by atoms with Crippen LogP contribution < -0.4 is 5.73 Å². The summed E-state index contributed by atoms with van der Waals surface area (Å²) in [6.07, 6.45) is 12.6. The Morgan fingerprint density at radius 3 is 2.43 bits per heavy atom. The molecule has 2 nitrogen and oxygen atoms in total. The van der Waals surface area contributed by atoms with Gasteiger partial charge in [-0.25, -0.2) is 0 Å². The number of aliphatic hydroxyl groups is 1. The first-order valence-electron chi connectivity index (χ1n) is 5.86. The van der Waals surface area contributed by atoms with E-state index in [1.807, 2.05) is 6.08 Å². The van der Waals surface area contributed by atoms with Crippen molar-refractivity contribution >= 4 is 0 Å². The van der Waals surface area contributed by atoms with Gasteiger partial charge in [-0.1, -0.05) is 38.7 Å². The Morgan fingerprint density at radius 1 is 1.14 bits per heavy atom. The average Bonchev–Trinajstić information content (AvgIpc) is 2.21. The standard InChI is InChI=1S/C12H25NO/c1-2-12(13)10-8-6-4-3-5-7-9-11-14/h9,11-12,14H,2-8,10,13H2,1H3. The third-order valence-electron chi connectivity index (χ3n) is 2.58. The maximum absolute atomic E-state index is 8.40. The summed E-state index contributed by atoms with van der Waals surface area (Å²) in [5.41, 5.74) is 5.82. The van der Waals surface area contributed by atoms with E-state index in [9.17, 15) is 0 Å². The van der Waals surface area contributed by atoms with Crippen LogP contribution in [-0.4, -0.2) is 11.1 Å². The zero-order valence-corrected chi connectivity index (χ0v) is 9.41. The van der Waals surface area contributed by atoms with Crippen molar-refractivity contribution in [3.63, 3.8) is 0 Å². The van der Waals surface area contributed by atoms with Crippen molar-refractivity contribution in [3.05, 3.63) is 12.3 Å². The van der Waals surface area contributed by atoms with E-state index in [0.717, 1.165) is 19.1 Å². The molecule has 2 heteroatoms. The zero-order chi connectivity index (χ0) is 10.6. The molecule has 0 aliphatic rings. The third kappa shape index (κ3) is 9.59. The van der Waals surface area contributed by atoms with Crippen molar-refractivity contribution in [3.8, 4) is 0 Å². The summed E-state index contributed by atoms with van der Waals surface area (Å²) in [6.45, 7) is 2.14. The second kappa shape index (κ2) is 10.6. The fourth-order valence-corrected chi connectivity index (χ4v) is 1.48. The summed E-state index contributed by atoms with van der Waals surface area (Å²) in [5, 5.41) is 8.40. The van der Waals surface area contributed by atoms with Gasteiger partial charge in [-0.15, -0.1) is 0 Å². The highest BCUT2D eigenvalue weighted by Crippen LogP contribution is 2.09. The summed E-state index contributed by atoms with van der Waals surface area (Å²) in [6, 6.07) is 0.410. The smallest absolute Gasteiger partial charge is 0.0751 e. The minimum atomic E-state index is 0.410. The molecule has 0 aromatic heterocycles. The molecule has 84 valence electrons. The molecule has 0 aromatic rings. The molecule has 0 rings (SSSR count). The van der Waals surface area contributed by atoms with Gasteiger partial charge in [0, 0.05) is 6.04 Å². The van der Waals surface area contributed by atoms with Gasteiger partial charge >= 0.3 is 0 Å². The van der Waals surface area contributed by atoms with Crippen LogP contribution >= 0.6 is 0 Å². The maximum atomic E-state index is 8.40. The Balaban J connectivity index is 2.99. The van der Waals surface area contributed by atoms with Gasteiger partial charge in [0.25, 0.3) is 0 Å². The number of rotatable bonds is 9. The van der Waals surface area contributed by atoms with E-state index in [4.69, 9.17) is 10.8 Å². The fourth-order valence-electron chi connectivity index (χ4n) is 1.48. The van der Waals surface area contributed by atoms with Gasteiger partial charge in [-0.2, -0.15) is 0 Å². The quantitative estimate of drug-likeness (QED) is 0.441. The van der Waals surface area contributed by atoms with Gasteiger partial charge in [0.2, 0.25) is 0 Å². The van der Waals surface area contributed by atoms with Crippen LogP contribution in [0.3, 0.4) is 0 Å². The molecule has 0 heterocycles. The number of aliphatic hydroxyl groups excluding tert-OH is 1. The second-order valence-corrected chi connectivity index (χ2v) is 3.90. The van der Waals surface area contributed by atoms with Gasteiger partial charge in [-0.05, 0) is 25.7 Å². The van der Waals surface area contributed by atoms with Crippen LogP contribution in [0.5, 0.6) is 0 Å². The van der Waals surface area contributed by atoms with Gasteiger partial charge in [0.05, 0.1) is 6.26 Å².